The molecule has 1 aliphatic rings. The maximum Gasteiger partial charge on any atom is 0.254 e. The molecule has 0 saturated carbocycles. The average Bonchev–Trinajstić information content (AvgIpc) is 3.02. The summed E-state index contributed by atoms with van der Waals surface area (Å²) < 4.78 is 1.61. The van der Waals surface area contributed by atoms with Gasteiger partial charge in [-0.05, 0) is 12.8 Å². The number of nitriles is 1. The summed E-state index contributed by atoms with van der Waals surface area (Å²) >= 11 is 0. The monoisotopic (exact) mass is 311 g/mol. The number of hydrogen-bond donors (Lipinski definition) is 1. The molecular weight excluding hydrogens is 294 g/mol. The molecular formula is C15H17N7O. The molecule has 1 N–H and O–H groups in total. The number of amides is 1. The predicted octanol–water partition coefficient (Wildman–Crippen LogP) is 0.481. The summed E-state index contributed by atoms with van der Waals surface area (Å²) in [6.45, 7) is 1.46. The Bertz CT molecular complexity index is 740. The quantitative estimate of drug-likeness (QED) is 0.885. The van der Waals surface area contributed by atoms with Crippen molar-refractivity contribution >= 4 is 11.7 Å². The highest BCUT2D eigenvalue weighted by Crippen LogP contribution is 2.20. The van der Waals surface area contributed by atoms with E-state index in [0.29, 0.717) is 17.1 Å². The van der Waals surface area contributed by atoms with E-state index < -0.39 is 0 Å². The van der Waals surface area contributed by atoms with Crippen molar-refractivity contribution in [1.82, 2.24) is 25.1 Å². The number of piperidine rings is 1. The SMILES string of the molecule is Cn1cc(C(=O)NC2CCN(c3nccnc3C#N)CC2)cn1. The van der Waals surface area contributed by atoms with Crippen molar-refractivity contribution in [3.8, 4) is 6.07 Å². The molecule has 0 bridgehead atoms. The van der Waals surface area contributed by atoms with Gasteiger partial charge in [0.1, 0.15) is 6.07 Å². The molecule has 0 radical (unpaired) electrons. The van der Waals surface area contributed by atoms with Gasteiger partial charge in [-0.15, -0.1) is 0 Å². The van der Waals surface area contributed by atoms with E-state index in [1.807, 2.05) is 4.90 Å². The molecule has 8 nitrogen and oxygen atoms in total. The summed E-state index contributed by atoms with van der Waals surface area (Å²) in [5.74, 6) is 0.515. The van der Waals surface area contributed by atoms with Crippen molar-refractivity contribution in [1.29, 1.82) is 5.26 Å². The van der Waals surface area contributed by atoms with Crippen molar-refractivity contribution in [2.24, 2.45) is 7.05 Å². The van der Waals surface area contributed by atoms with Gasteiger partial charge in [0.05, 0.1) is 11.8 Å². The Morgan fingerprint density at radius 1 is 1.35 bits per heavy atom. The number of aryl methyl sites for hydroxylation is 1. The van der Waals surface area contributed by atoms with Gasteiger partial charge < -0.3 is 10.2 Å². The number of anilines is 1. The topological polar surface area (TPSA) is 99.7 Å². The number of nitrogens with zero attached hydrogens (tertiary/aromatic N) is 6. The molecule has 23 heavy (non-hydrogen) atoms. The second-order valence-corrected chi connectivity index (χ2v) is 5.48. The Morgan fingerprint density at radius 3 is 2.74 bits per heavy atom. The first-order chi connectivity index (χ1) is 11.2. The predicted molar refractivity (Wildman–Crippen MR) is 82.7 cm³/mol. The largest absolute Gasteiger partial charge is 0.354 e. The Labute approximate surface area is 133 Å². The van der Waals surface area contributed by atoms with Gasteiger partial charge in [0, 0.05) is 44.8 Å². The molecule has 0 atom stereocenters. The lowest BCUT2D eigenvalue weighted by molar-refractivity contribution is 0.0931. The number of carbonyl (C=O) groups is 1. The van der Waals surface area contributed by atoms with Crippen LogP contribution in [0.25, 0.3) is 0 Å². The van der Waals surface area contributed by atoms with E-state index in [9.17, 15) is 4.79 Å². The van der Waals surface area contributed by atoms with Gasteiger partial charge in [-0.2, -0.15) is 10.4 Å². The number of nitrogens with one attached hydrogen (secondary N) is 1. The van der Waals surface area contributed by atoms with Gasteiger partial charge in [-0.1, -0.05) is 0 Å². The molecule has 8 heteroatoms. The fraction of sp³-hybridized carbons (Fsp3) is 0.400. The molecule has 3 heterocycles. The van der Waals surface area contributed by atoms with Gasteiger partial charge in [0.25, 0.3) is 5.91 Å². The Hall–Kier alpha value is -2.95. The second-order valence-electron chi connectivity index (χ2n) is 5.48. The Morgan fingerprint density at radius 2 is 2.09 bits per heavy atom. The van der Waals surface area contributed by atoms with Crippen LogP contribution in [0, 0.1) is 11.3 Å². The van der Waals surface area contributed by atoms with E-state index in [2.05, 4.69) is 26.5 Å². The zero-order valence-electron chi connectivity index (χ0n) is 12.8. The minimum Gasteiger partial charge on any atom is -0.354 e. The van der Waals surface area contributed by atoms with Crippen LogP contribution >= 0.6 is 0 Å². The van der Waals surface area contributed by atoms with E-state index in [1.54, 1.807) is 30.3 Å². The minimum atomic E-state index is -0.103. The third-order valence-corrected chi connectivity index (χ3v) is 3.88. The summed E-state index contributed by atoms with van der Waals surface area (Å²) in [6.07, 6.45) is 7.96. The molecule has 1 aliphatic heterocycles. The van der Waals surface area contributed by atoms with Gasteiger partial charge in [-0.25, -0.2) is 9.97 Å². The van der Waals surface area contributed by atoms with Gasteiger partial charge in [0.15, 0.2) is 11.5 Å². The normalized spacial score (nSPS) is 15.2. The van der Waals surface area contributed by atoms with Crippen LogP contribution in [0.5, 0.6) is 0 Å². The average molecular weight is 311 g/mol. The van der Waals surface area contributed by atoms with Crippen LogP contribution in [0.4, 0.5) is 5.82 Å². The Balaban J connectivity index is 1.58. The van der Waals surface area contributed by atoms with Gasteiger partial charge in [-0.3, -0.25) is 9.48 Å². The highest BCUT2D eigenvalue weighted by molar-refractivity contribution is 5.93. The van der Waals surface area contributed by atoms with Crippen LogP contribution in [-0.4, -0.2) is 44.8 Å². The molecule has 118 valence electrons. The Kier molecular flexibility index (Phi) is 4.19. The van der Waals surface area contributed by atoms with Crippen LogP contribution < -0.4 is 10.2 Å². The molecule has 0 aromatic carbocycles. The van der Waals surface area contributed by atoms with Crippen LogP contribution in [-0.2, 0) is 7.05 Å². The van der Waals surface area contributed by atoms with E-state index in [4.69, 9.17) is 5.26 Å². The first kappa shape index (κ1) is 15.0. The van der Waals surface area contributed by atoms with Crippen molar-refractivity contribution in [3.63, 3.8) is 0 Å². The minimum absolute atomic E-state index is 0.103. The molecule has 0 spiro atoms. The van der Waals surface area contributed by atoms with E-state index >= 15 is 0 Å². The van der Waals surface area contributed by atoms with Crippen LogP contribution in [0.15, 0.2) is 24.8 Å². The molecule has 0 aliphatic carbocycles. The lowest BCUT2D eigenvalue weighted by atomic mass is 10.0. The number of aromatic nitrogens is 4. The lowest BCUT2D eigenvalue weighted by Gasteiger charge is -2.33. The van der Waals surface area contributed by atoms with E-state index in [0.717, 1.165) is 25.9 Å². The summed E-state index contributed by atoms with van der Waals surface area (Å²) in [4.78, 5) is 22.5. The van der Waals surface area contributed by atoms with Crippen molar-refractivity contribution < 1.29 is 4.79 Å². The van der Waals surface area contributed by atoms with E-state index in [-0.39, 0.29) is 11.9 Å². The van der Waals surface area contributed by atoms with Crippen molar-refractivity contribution in [3.05, 3.63) is 36.0 Å². The zero-order chi connectivity index (χ0) is 16.2. The molecule has 1 saturated heterocycles. The molecule has 2 aromatic heterocycles. The van der Waals surface area contributed by atoms with Crippen molar-refractivity contribution in [2.75, 3.05) is 18.0 Å². The maximum absolute atomic E-state index is 12.1. The van der Waals surface area contributed by atoms with Crippen LogP contribution in [0.2, 0.25) is 0 Å². The fourth-order valence-corrected chi connectivity index (χ4v) is 2.68. The number of rotatable bonds is 3. The molecule has 2 aromatic rings. The highest BCUT2D eigenvalue weighted by Gasteiger charge is 2.24. The molecule has 0 unspecified atom stereocenters. The lowest BCUT2D eigenvalue weighted by Crippen LogP contribution is -2.45. The summed E-state index contributed by atoms with van der Waals surface area (Å²) in [6, 6.07) is 2.18. The molecule has 3 rings (SSSR count). The summed E-state index contributed by atoms with van der Waals surface area (Å²) in [5, 5.41) is 16.1. The van der Waals surface area contributed by atoms with Crippen LogP contribution in [0.1, 0.15) is 28.9 Å². The molecule has 1 fully saturated rings. The maximum atomic E-state index is 12.1. The third kappa shape index (κ3) is 3.29. The highest BCUT2D eigenvalue weighted by atomic mass is 16.1. The first-order valence-corrected chi connectivity index (χ1v) is 7.43. The standard InChI is InChI=1S/C15H17N7O/c1-21-10-11(9-19-21)15(23)20-12-2-6-22(7-3-12)14-13(8-16)17-4-5-18-14/h4-5,9-10,12H,2-3,6-7H2,1H3,(H,20,23). The summed E-state index contributed by atoms with van der Waals surface area (Å²) in [7, 11) is 1.78. The smallest absolute Gasteiger partial charge is 0.254 e. The van der Waals surface area contributed by atoms with Crippen molar-refractivity contribution in [2.45, 2.75) is 18.9 Å². The first-order valence-electron chi connectivity index (χ1n) is 7.43. The number of hydrogen-bond acceptors (Lipinski definition) is 6. The fourth-order valence-electron chi connectivity index (χ4n) is 2.68. The second kappa shape index (κ2) is 6.44. The summed E-state index contributed by atoms with van der Waals surface area (Å²) in [5.41, 5.74) is 0.904. The van der Waals surface area contributed by atoms with Gasteiger partial charge >= 0.3 is 0 Å². The molecule has 1 amide bonds. The van der Waals surface area contributed by atoms with E-state index in [1.165, 1.54) is 6.20 Å². The zero-order valence-corrected chi connectivity index (χ0v) is 12.8. The van der Waals surface area contributed by atoms with Gasteiger partial charge in [0.2, 0.25) is 0 Å². The third-order valence-electron chi connectivity index (χ3n) is 3.88. The number of carbonyl (C=O) groups excluding carboxylic acids is 1. The van der Waals surface area contributed by atoms with Crippen LogP contribution in [0.3, 0.4) is 0 Å².